The quantitative estimate of drug-likeness (QED) is 0.130. The van der Waals surface area contributed by atoms with Crippen molar-refractivity contribution in [3.8, 4) is 0 Å². The first-order chi connectivity index (χ1) is 18.5. The van der Waals surface area contributed by atoms with E-state index in [0.717, 1.165) is 5.56 Å². The third-order valence-corrected chi connectivity index (χ3v) is 19.5. The van der Waals surface area contributed by atoms with E-state index in [0.29, 0.717) is 0 Å². The number of ketones is 1. The summed E-state index contributed by atoms with van der Waals surface area (Å²) >= 11 is 0. The monoisotopic (exact) mass is 605 g/mol. The van der Waals surface area contributed by atoms with Crippen LogP contribution in [0.2, 0.25) is 36.3 Å². The van der Waals surface area contributed by atoms with Gasteiger partial charge in [-0.15, -0.1) is 0 Å². The van der Waals surface area contributed by atoms with Gasteiger partial charge in [0.05, 0.1) is 18.1 Å². The molecular formula is C31H51NO7Si2. The van der Waals surface area contributed by atoms with Gasteiger partial charge in [0.2, 0.25) is 5.91 Å². The number of rotatable bonds is 11. The molecule has 41 heavy (non-hydrogen) atoms. The van der Waals surface area contributed by atoms with Crippen LogP contribution in [-0.2, 0) is 39.7 Å². The Morgan fingerprint density at radius 3 is 1.90 bits per heavy atom. The fraction of sp³-hybridized carbons (Fsp3) is 0.677. The van der Waals surface area contributed by atoms with Crippen molar-refractivity contribution in [2.75, 3.05) is 6.61 Å². The number of amides is 1. The first-order valence-electron chi connectivity index (χ1n) is 14.4. The van der Waals surface area contributed by atoms with E-state index in [-0.39, 0.29) is 22.6 Å². The number of ether oxygens (including phenoxy) is 2. The molecule has 1 aromatic rings. The molecule has 4 atom stereocenters. The molecule has 0 aromatic heterocycles. The van der Waals surface area contributed by atoms with Crippen molar-refractivity contribution in [3.63, 3.8) is 0 Å². The fourth-order valence-corrected chi connectivity index (χ4v) is 8.84. The SMILES string of the molecule is CC(=O)OCC(=O)C(C)(C(=O)OCc1ccccc1)C1C([C@H](C)O[Si](C)(C)C(C)(C)C)C(=O)N1[Si](C)(C)C(C)(C)C. The van der Waals surface area contributed by atoms with Crippen LogP contribution >= 0.6 is 0 Å². The topological polar surface area (TPSA) is 99.2 Å². The molecule has 0 spiro atoms. The zero-order chi connectivity index (χ0) is 31.8. The molecule has 1 heterocycles. The van der Waals surface area contributed by atoms with E-state index in [2.05, 4.69) is 67.7 Å². The van der Waals surface area contributed by atoms with Crippen LogP contribution in [-0.4, -0.2) is 63.5 Å². The molecule has 0 bridgehead atoms. The zero-order valence-corrected chi connectivity index (χ0v) is 29.3. The first kappa shape index (κ1) is 34.9. The van der Waals surface area contributed by atoms with Crippen LogP contribution in [0, 0.1) is 11.3 Å². The summed E-state index contributed by atoms with van der Waals surface area (Å²) in [5.41, 5.74) is -1.02. The highest BCUT2D eigenvalue weighted by atomic mass is 28.4. The Balaban J connectivity index is 2.67. The van der Waals surface area contributed by atoms with E-state index in [1.807, 2.05) is 37.3 Å². The number of hydrogen-bond donors (Lipinski definition) is 0. The number of β-lactam (4-membered cyclic amide) rings is 1. The highest BCUT2D eigenvalue weighted by molar-refractivity contribution is 6.80. The van der Waals surface area contributed by atoms with E-state index in [4.69, 9.17) is 13.9 Å². The number of carbonyl (C=O) groups is 4. The summed E-state index contributed by atoms with van der Waals surface area (Å²) in [5.74, 6) is -2.83. The number of carbonyl (C=O) groups excluding carboxylic acids is 4. The Morgan fingerprint density at radius 1 is 0.902 bits per heavy atom. The maximum absolute atomic E-state index is 14.1. The second-order valence-electron chi connectivity index (χ2n) is 14.5. The van der Waals surface area contributed by atoms with Gasteiger partial charge in [-0.2, -0.15) is 0 Å². The second kappa shape index (κ2) is 12.1. The summed E-state index contributed by atoms with van der Waals surface area (Å²) in [6.45, 7) is 25.0. The average molecular weight is 606 g/mol. The molecular weight excluding hydrogens is 555 g/mol. The lowest BCUT2D eigenvalue weighted by atomic mass is 9.67. The number of hydrogen-bond acceptors (Lipinski definition) is 7. The Kier molecular flexibility index (Phi) is 10.3. The number of nitrogens with zero attached hydrogens (tertiary/aromatic N) is 1. The molecule has 1 aliphatic heterocycles. The third kappa shape index (κ3) is 7.02. The van der Waals surface area contributed by atoms with Crippen molar-refractivity contribution in [1.29, 1.82) is 0 Å². The molecule has 10 heteroatoms. The Labute approximate surface area is 248 Å². The second-order valence-corrected chi connectivity index (χ2v) is 24.4. The van der Waals surface area contributed by atoms with Crippen molar-refractivity contribution in [3.05, 3.63) is 35.9 Å². The highest BCUT2D eigenvalue weighted by Crippen LogP contribution is 2.52. The normalized spacial score (nSPS) is 20.5. The lowest BCUT2D eigenvalue weighted by Gasteiger charge is -2.63. The van der Waals surface area contributed by atoms with E-state index in [1.54, 1.807) is 4.57 Å². The summed E-state index contributed by atoms with van der Waals surface area (Å²) in [6, 6.07) is 8.39. The molecule has 0 saturated carbocycles. The molecule has 1 saturated heterocycles. The summed E-state index contributed by atoms with van der Waals surface area (Å²) in [4.78, 5) is 53.8. The molecule has 230 valence electrons. The van der Waals surface area contributed by atoms with Crippen LogP contribution < -0.4 is 0 Å². The van der Waals surface area contributed by atoms with Gasteiger partial charge < -0.3 is 18.5 Å². The van der Waals surface area contributed by atoms with Crippen molar-refractivity contribution in [1.82, 2.24) is 4.57 Å². The van der Waals surface area contributed by atoms with Crippen LogP contribution in [0.4, 0.5) is 0 Å². The highest BCUT2D eigenvalue weighted by Gasteiger charge is 2.68. The van der Waals surface area contributed by atoms with Crippen molar-refractivity contribution >= 4 is 40.2 Å². The van der Waals surface area contributed by atoms with Crippen LogP contribution in [0.3, 0.4) is 0 Å². The molecule has 1 aliphatic rings. The minimum atomic E-state index is -2.59. The van der Waals surface area contributed by atoms with Gasteiger partial charge in [-0.3, -0.25) is 19.2 Å². The zero-order valence-electron chi connectivity index (χ0n) is 27.3. The van der Waals surface area contributed by atoms with Gasteiger partial charge in [-0.25, -0.2) is 0 Å². The Hall–Kier alpha value is -2.31. The molecule has 1 aromatic carbocycles. The van der Waals surface area contributed by atoms with Gasteiger partial charge in [0, 0.05) is 6.92 Å². The summed E-state index contributed by atoms with van der Waals surface area (Å²) in [6.07, 6.45) is -0.544. The lowest BCUT2D eigenvalue weighted by Crippen LogP contribution is -2.80. The Bertz CT molecular complexity index is 1140. The minimum absolute atomic E-state index is 0.0302. The van der Waals surface area contributed by atoms with E-state index >= 15 is 0 Å². The van der Waals surface area contributed by atoms with E-state index < -0.39 is 64.4 Å². The summed E-state index contributed by atoms with van der Waals surface area (Å²) in [7, 11) is -4.90. The molecule has 0 N–H and O–H groups in total. The maximum atomic E-state index is 14.1. The van der Waals surface area contributed by atoms with Crippen LogP contribution in [0.5, 0.6) is 0 Å². The Morgan fingerprint density at radius 2 is 1.44 bits per heavy atom. The standard InChI is InChI=1S/C31H51NO7Si2/c1-21(39-41(12,13)30(6,7)8)25-26(32(27(25)35)40(10,11)29(3,4)5)31(9,24(34)20-37-22(2)33)28(36)38-19-23-17-15-14-16-18-23/h14-18,21,25-26H,19-20H2,1-13H3/t21-,25?,26?,31?/m0/s1. The van der Waals surface area contributed by atoms with Crippen molar-refractivity contribution < 1.29 is 33.1 Å². The fourth-order valence-electron chi connectivity index (χ4n) is 4.88. The molecule has 1 amide bonds. The molecule has 0 radical (unpaired) electrons. The van der Waals surface area contributed by atoms with Gasteiger partial charge in [-0.05, 0) is 42.6 Å². The van der Waals surface area contributed by atoms with Gasteiger partial charge >= 0.3 is 11.9 Å². The number of Topliss-reactive ketones (excluding diaryl/α,β-unsaturated/α-hetero) is 1. The molecule has 3 unspecified atom stereocenters. The predicted molar refractivity (Wildman–Crippen MR) is 165 cm³/mol. The molecule has 0 aliphatic carbocycles. The van der Waals surface area contributed by atoms with E-state index in [1.165, 1.54) is 13.8 Å². The van der Waals surface area contributed by atoms with Gasteiger partial charge in [-0.1, -0.05) is 85.0 Å². The minimum Gasteiger partial charge on any atom is -0.460 e. The summed E-state index contributed by atoms with van der Waals surface area (Å²) in [5, 5.41) is -0.366. The van der Waals surface area contributed by atoms with Crippen LogP contribution in [0.1, 0.15) is 67.9 Å². The molecule has 1 fully saturated rings. The summed E-state index contributed by atoms with van der Waals surface area (Å²) < 4.78 is 19.4. The third-order valence-electron chi connectivity index (χ3n) is 9.59. The van der Waals surface area contributed by atoms with Gasteiger partial charge in [0.1, 0.15) is 12.0 Å². The van der Waals surface area contributed by atoms with Crippen LogP contribution in [0.15, 0.2) is 30.3 Å². The first-order valence-corrected chi connectivity index (χ1v) is 20.2. The van der Waals surface area contributed by atoms with Crippen LogP contribution in [0.25, 0.3) is 0 Å². The largest absolute Gasteiger partial charge is 0.460 e. The lowest BCUT2D eigenvalue weighted by molar-refractivity contribution is -0.182. The van der Waals surface area contributed by atoms with Crippen molar-refractivity contribution in [2.45, 2.75) is 117 Å². The molecule has 2 rings (SSSR count). The average Bonchev–Trinajstić information content (AvgIpc) is 2.82. The van der Waals surface area contributed by atoms with Gasteiger partial charge in [0.15, 0.2) is 28.9 Å². The van der Waals surface area contributed by atoms with E-state index in [9.17, 15) is 19.2 Å². The molecule has 8 nitrogen and oxygen atoms in total. The van der Waals surface area contributed by atoms with Crippen molar-refractivity contribution in [2.24, 2.45) is 11.3 Å². The maximum Gasteiger partial charge on any atom is 0.321 e. The number of esters is 2. The predicted octanol–water partition coefficient (Wildman–Crippen LogP) is 6.11. The van der Waals surface area contributed by atoms with Gasteiger partial charge in [0.25, 0.3) is 0 Å². The smallest absolute Gasteiger partial charge is 0.321 e. The number of benzene rings is 1.